The second-order valence-corrected chi connectivity index (χ2v) is 4.00. The Balaban J connectivity index is 2.53. The minimum Gasteiger partial charge on any atom is -0.492 e. The van der Waals surface area contributed by atoms with Gasteiger partial charge in [-0.15, -0.1) is 6.58 Å². The molecule has 0 aliphatic heterocycles. The summed E-state index contributed by atoms with van der Waals surface area (Å²) in [6, 6.07) is 7.88. The molecule has 0 bridgehead atoms. The molecule has 0 amide bonds. The SMILES string of the molecule is C=C[C@H](CC)COc1ccccc1Br. The molecule has 2 heteroatoms. The molecule has 0 radical (unpaired) electrons. The van der Waals surface area contributed by atoms with E-state index in [0.29, 0.717) is 12.5 Å². The number of benzene rings is 1. The first-order valence-electron chi connectivity index (χ1n) is 4.77. The van der Waals surface area contributed by atoms with E-state index in [0.717, 1.165) is 16.6 Å². The van der Waals surface area contributed by atoms with Crippen molar-refractivity contribution >= 4 is 15.9 Å². The van der Waals surface area contributed by atoms with Crippen LogP contribution in [0.2, 0.25) is 0 Å². The zero-order chi connectivity index (χ0) is 10.4. The van der Waals surface area contributed by atoms with Crippen molar-refractivity contribution in [1.82, 2.24) is 0 Å². The van der Waals surface area contributed by atoms with Crippen LogP contribution < -0.4 is 4.74 Å². The Labute approximate surface area is 93.9 Å². The summed E-state index contributed by atoms with van der Waals surface area (Å²) >= 11 is 3.44. The highest BCUT2D eigenvalue weighted by Crippen LogP contribution is 2.24. The van der Waals surface area contributed by atoms with Crippen LogP contribution in [0.3, 0.4) is 0 Å². The normalized spacial score (nSPS) is 12.1. The molecule has 0 saturated carbocycles. The van der Waals surface area contributed by atoms with E-state index in [2.05, 4.69) is 29.4 Å². The molecular formula is C12H15BrO. The van der Waals surface area contributed by atoms with Crippen molar-refractivity contribution in [3.05, 3.63) is 41.4 Å². The summed E-state index contributed by atoms with van der Waals surface area (Å²) in [6.45, 7) is 6.61. The molecule has 1 aromatic rings. The van der Waals surface area contributed by atoms with Gasteiger partial charge >= 0.3 is 0 Å². The first-order chi connectivity index (χ1) is 6.77. The molecule has 0 N–H and O–H groups in total. The highest BCUT2D eigenvalue weighted by Gasteiger charge is 2.04. The minimum atomic E-state index is 0.433. The van der Waals surface area contributed by atoms with E-state index in [4.69, 9.17) is 4.74 Å². The monoisotopic (exact) mass is 254 g/mol. The van der Waals surface area contributed by atoms with E-state index in [1.807, 2.05) is 30.3 Å². The molecule has 0 aliphatic rings. The molecule has 0 spiro atoms. The van der Waals surface area contributed by atoms with Crippen molar-refractivity contribution in [3.8, 4) is 5.75 Å². The van der Waals surface area contributed by atoms with E-state index < -0.39 is 0 Å². The number of hydrogen-bond acceptors (Lipinski definition) is 1. The van der Waals surface area contributed by atoms with Crippen LogP contribution in [-0.2, 0) is 0 Å². The van der Waals surface area contributed by atoms with Gasteiger partial charge in [0, 0.05) is 5.92 Å². The summed E-state index contributed by atoms with van der Waals surface area (Å²) in [5, 5.41) is 0. The fourth-order valence-electron chi connectivity index (χ4n) is 1.11. The van der Waals surface area contributed by atoms with Crippen molar-refractivity contribution in [1.29, 1.82) is 0 Å². The molecule has 14 heavy (non-hydrogen) atoms. The van der Waals surface area contributed by atoms with Crippen LogP contribution in [0.4, 0.5) is 0 Å². The Morgan fingerprint density at radius 1 is 1.50 bits per heavy atom. The average molecular weight is 255 g/mol. The van der Waals surface area contributed by atoms with Crippen LogP contribution >= 0.6 is 15.9 Å². The summed E-state index contributed by atoms with van der Waals surface area (Å²) in [5.41, 5.74) is 0. The molecule has 0 fully saturated rings. The van der Waals surface area contributed by atoms with E-state index in [9.17, 15) is 0 Å². The fourth-order valence-corrected chi connectivity index (χ4v) is 1.51. The lowest BCUT2D eigenvalue weighted by molar-refractivity contribution is 0.271. The second kappa shape index (κ2) is 5.86. The lowest BCUT2D eigenvalue weighted by Crippen LogP contribution is -2.08. The zero-order valence-corrected chi connectivity index (χ0v) is 9.96. The Bertz CT molecular complexity index is 296. The molecule has 1 atom stereocenters. The molecular weight excluding hydrogens is 240 g/mol. The van der Waals surface area contributed by atoms with Gasteiger partial charge in [-0.3, -0.25) is 0 Å². The van der Waals surface area contributed by atoms with Gasteiger partial charge in [0.2, 0.25) is 0 Å². The van der Waals surface area contributed by atoms with Crippen molar-refractivity contribution in [2.75, 3.05) is 6.61 Å². The Hall–Kier alpha value is -0.760. The summed E-state index contributed by atoms with van der Waals surface area (Å²) in [4.78, 5) is 0. The van der Waals surface area contributed by atoms with E-state index in [1.165, 1.54) is 0 Å². The van der Waals surface area contributed by atoms with Crippen molar-refractivity contribution in [2.24, 2.45) is 5.92 Å². The molecule has 76 valence electrons. The third kappa shape index (κ3) is 3.18. The maximum absolute atomic E-state index is 5.66. The van der Waals surface area contributed by atoms with E-state index in [-0.39, 0.29) is 0 Å². The topological polar surface area (TPSA) is 9.23 Å². The van der Waals surface area contributed by atoms with Crippen LogP contribution in [0, 0.1) is 5.92 Å². The van der Waals surface area contributed by atoms with Crippen molar-refractivity contribution in [3.63, 3.8) is 0 Å². The summed E-state index contributed by atoms with van der Waals surface area (Å²) in [5.74, 6) is 1.33. The molecule has 1 aromatic carbocycles. The first-order valence-corrected chi connectivity index (χ1v) is 5.57. The maximum atomic E-state index is 5.66. The number of para-hydroxylation sites is 1. The van der Waals surface area contributed by atoms with E-state index in [1.54, 1.807) is 0 Å². The Morgan fingerprint density at radius 2 is 2.21 bits per heavy atom. The number of rotatable bonds is 5. The molecule has 0 saturated heterocycles. The van der Waals surface area contributed by atoms with Gasteiger partial charge in [0.1, 0.15) is 5.75 Å². The summed E-state index contributed by atoms with van der Waals surface area (Å²) in [7, 11) is 0. The minimum absolute atomic E-state index is 0.433. The molecule has 0 aliphatic carbocycles. The van der Waals surface area contributed by atoms with Gasteiger partial charge in [0.05, 0.1) is 11.1 Å². The smallest absolute Gasteiger partial charge is 0.133 e. The van der Waals surface area contributed by atoms with Gasteiger partial charge in [-0.05, 0) is 34.5 Å². The first kappa shape index (κ1) is 11.3. The lowest BCUT2D eigenvalue weighted by Gasteiger charge is -2.12. The summed E-state index contributed by atoms with van der Waals surface area (Å²) in [6.07, 6.45) is 3.00. The summed E-state index contributed by atoms with van der Waals surface area (Å²) < 4.78 is 6.66. The predicted molar refractivity (Wildman–Crippen MR) is 63.6 cm³/mol. The van der Waals surface area contributed by atoms with Crippen molar-refractivity contribution in [2.45, 2.75) is 13.3 Å². The lowest BCUT2D eigenvalue weighted by atomic mass is 10.1. The molecule has 1 nitrogen and oxygen atoms in total. The third-order valence-electron chi connectivity index (χ3n) is 2.15. The highest BCUT2D eigenvalue weighted by atomic mass is 79.9. The molecule has 0 aromatic heterocycles. The average Bonchev–Trinajstić information content (AvgIpc) is 2.22. The third-order valence-corrected chi connectivity index (χ3v) is 2.80. The van der Waals surface area contributed by atoms with Crippen LogP contribution in [0.25, 0.3) is 0 Å². The van der Waals surface area contributed by atoms with Crippen LogP contribution in [0.1, 0.15) is 13.3 Å². The van der Waals surface area contributed by atoms with Gasteiger partial charge in [0.15, 0.2) is 0 Å². The number of ether oxygens (including phenoxy) is 1. The standard InChI is InChI=1S/C12H15BrO/c1-3-10(4-2)9-14-12-8-6-5-7-11(12)13/h3,5-8,10H,1,4,9H2,2H3/t10-/m1/s1. The van der Waals surface area contributed by atoms with Crippen LogP contribution in [0.15, 0.2) is 41.4 Å². The van der Waals surface area contributed by atoms with Crippen LogP contribution in [0.5, 0.6) is 5.75 Å². The predicted octanol–water partition coefficient (Wildman–Crippen LogP) is 4.04. The van der Waals surface area contributed by atoms with Crippen molar-refractivity contribution < 1.29 is 4.74 Å². The Kier molecular flexibility index (Phi) is 4.74. The quantitative estimate of drug-likeness (QED) is 0.721. The van der Waals surface area contributed by atoms with Gasteiger partial charge in [-0.2, -0.15) is 0 Å². The number of halogens is 1. The molecule has 1 rings (SSSR count). The van der Waals surface area contributed by atoms with Gasteiger partial charge in [0.25, 0.3) is 0 Å². The second-order valence-electron chi connectivity index (χ2n) is 3.15. The van der Waals surface area contributed by atoms with Gasteiger partial charge in [-0.1, -0.05) is 25.1 Å². The van der Waals surface area contributed by atoms with Gasteiger partial charge < -0.3 is 4.74 Å². The Morgan fingerprint density at radius 3 is 2.79 bits per heavy atom. The fraction of sp³-hybridized carbons (Fsp3) is 0.333. The van der Waals surface area contributed by atoms with Crippen LogP contribution in [-0.4, -0.2) is 6.61 Å². The zero-order valence-electron chi connectivity index (χ0n) is 8.37. The maximum Gasteiger partial charge on any atom is 0.133 e. The highest BCUT2D eigenvalue weighted by molar-refractivity contribution is 9.10. The molecule has 0 unspecified atom stereocenters. The molecule has 0 heterocycles. The number of hydrogen-bond donors (Lipinski definition) is 0. The van der Waals surface area contributed by atoms with E-state index >= 15 is 0 Å². The van der Waals surface area contributed by atoms with Gasteiger partial charge in [-0.25, -0.2) is 0 Å². The largest absolute Gasteiger partial charge is 0.492 e.